The maximum atomic E-state index is 8.81. The average molecular weight is 285 g/mol. The molecule has 16 heavy (non-hydrogen) atoms. The molecule has 0 radical (unpaired) electrons. The van der Waals surface area contributed by atoms with Crippen molar-refractivity contribution in [1.29, 1.82) is 0 Å². The predicted octanol–water partition coefficient (Wildman–Crippen LogP) is 2.00. The van der Waals surface area contributed by atoms with Crippen LogP contribution >= 0.6 is 15.9 Å². The number of halogens is 1. The van der Waals surface area contributed by atoms with Crippen LogP contribution in [0.25, 0.3) is 11.4 Å². The first-order chi connectivity index (χ1) is 7.74. The Kier molecular flexibility index (Phi) is 3.21. The molecule has 0 aliphatic heterocycles. The van der Waals surface area contributed by atoms with Gasteiger partial charge in [-0.1, -0.05) is 5.16 Å². The van der Waals surface area contributed by atoms with Crippen LogP contribution in [-0.2, 0) is 6.61 Å². The van der Waals surface area contributed by atoms with E-state index in [9.17, 15) is 0 Å². The van der Waals surface area contributed by atoms with Crippen molar-refractivity contribution >= 4 is 15.9 Å². The molecule has 0 unspecified atom stereocenters. The lowest BCUT2D eigenvalue weighted by Gasteiger charge is -2.03. The normalized spacial score (nSPS) is 10.4. The van der Waals surface area contributed by atoms with Crippen LogP contribution in [0.4, 0.5) is 0 Å². The van der Waals surface area contributed by atoms with Crippen molar-refractivity contribution < 1.29 is 14.4 Å². The van der Waals surface area contributed by atoms with E-state index in [1.54, 1.807) is 13.2 Å². The highest BCUT2D eigenvalue weighted by atomic mass is 79.9. The first-order valence-corrected chi connectivity index (χ1v) is 5.31. The Morgan fingerprint density at radius 3 is 2.88 bits per heavy atom. The SMILES string of the molecule is COc1ccc(-c2noc(CO)n2)cc1Br. The first kappa shape index (κ1) is 11.1. The lowest BCUT2D eigenvalue weighted by Crippen LogP contribution is -1.87. The number of hydrogen-bond acceptors (Lipinski definition) is 5. The van der Waals surface area contributed by atoms with E-state index in [1.165, 1.54) is 0 Å². The zero-order valence-corrected chi connectivity index (χ0v) is 10.1. The summed E-state index contributed by atoms with van der Waals surface area (Å²) in [5.41, 5.74) is 0.788. The molecule has 5 nitrogen and oxygen atoms in total. The maximum Gasteiger partial charge on any atom is 0.252 e. The summed E-state index contributed by atoms with van der Waals surface area (Å²) in [6, 6.07) is 5.44. The number of nitrogens with zero attached hydrogens (tertiary/aromatic N) is 2. The minimum atomic E-state index is -0.260. The largest absolute Gasteiger partial charge is 0.496 e. The molecule has 2 rings (SSSR count). The molecule has 84 valence electrons. The van der Waals surface area contributed by atoms with E-state index in [0.29, 0.717) is 5.82 Å². The molecule has 0 bridgehead atoms. The molecule has 0 atom stereocenters. The molecule has 1 aromatic heterocycles. The fourth-order valence-corrected chi connectivity index (χ4v) is 1.78. The van der Waals surface area contributed by atoms with E-state index in [-0.39, 0.29) is 12.5 Å². The van der Waals surface area contributed by atoms with Gasteiger partial charge >= 0.3 is 0 Å². The van der Waals surface area contributed by atoms with Crippen LogP contribution in [0.2, 0.25) is 0 Å². The Morgan fingerprint density at radius 2 is 2.31 bits per heavy atom. The van der Waals surface area contributed by atoms with E-state index in [4.69, 9.17) is 14.4 Å². The standard InChI is InChI=1S/C10H9BrN2O3/c1-15-8-3-2-6(4-7(8)11)10-12-9(5-14)16-13-10/h2-4,14H,5H2,1H3. The Balaban J connectivity index is 2.37. The third-order valence-corrected chi connectivity index (χ3v) is 2.63. The van der Waals surface area contributed by atoms with Gasteiger partial charge in [-0.15, -0.1) is 0 Å². The zero-order chi connectivity index (χ0) is 11.5. The Morgan fingerprint density at radius 1 is 1.50 bits per heavy atom. The van der Waals surface area contributed by atoms with Gasteiger partial charge in [0.1, 0.15) is 12.4 Å². The number of aliphatic hydroxyl groups excluding tert-OH is 1. The van der Waals surface area contributed by atoms with Crippen molar-refractivity contribution in [3.8, 4) is 17.1 Å². The van der Waals surface area contributed by atoms with Crippen LogP contribution in [-0.4, -0.2) is 22.4 Å². The molecule has 0 fully saturated rings. The van der Waals surface area contributed by atoms with Gasteiger partial charge in [0.25, 0.3) is 5.89 Å². The molecule has 0 aliphatic rings. The summed E-state index contributed by atoms with van der Waals surface area (Å²) in [5.74, 6) is 1.36. The van der Waals surface area contributed by atoms with Crippen molar-refractivity contribution in [2.45, 2.75) is 6.61 Å². The highest BCUT2D eigenvalue weighted by molar-refractivity contribution is 9.10. The minimum absolute atomic E-state index is 0.196. The van der Waals surface area contributed by atoms with Gasteiger partial charge in [0.2, 0.25) is 5.82 Å². The van der Waals surface area contributed by atoms with Crippen LogP contribution in [0.15, 0.2) is 27.2 Å². The first-order valence-electron chi connectivity index (χ1n) is 4.52. The molecule has 0 amide bonds. The highest BCUT2D eigenvalue weighted by Crippen LogP contribution is 2.29. The molecule has 6 heteroatoms. The van der Waals surface area contributed by atoms with Gasteiger partial charge in [0, 0.05) is 5.56 Å². The fraction of sp³-hybridized carbons (Fsp3) is 0.200. The van der Waals surface area contributed by atoms with E-state index in [2.05, 4.69) is 26.1 Å². The number of methoxy groups -OCH3 is 1. The van der Waals surface area contributed by atoms with Crippen molar-refractivity contribution in [3.05, 3.63) is 28.6 Å². The van der Waals surface area contributed by atoms with Crippen molar-refractivity contribution in [2.75, 3.05) is 7.11 Å². The molecular weight excluding hydrogens is 276 g/mol. The molecule has 0 spiro atoms. The minimum Gasteiger partial charge on any atom is -0.496 e. The summed E-state index contributed by atoms with van der Waals surface area (Å²) < 4.78 is 10.7. The number of benzene rings is 1. The zero-order valence-electron chi connectivity index (χ0n) is 8.48. The van der Waals surface area contributed by atoms with Gasteiger partial charge in [0.15, 0.2) is 0 Å². The summed E-state index contributed by atoms with van der Waals surface area (Å²) >= 11 is 3.37. The van der Waals surface area contributed by atoms with E-state index < -0.39 is 0 Å². The van der Waals surface area contributed by atoms with E-state index in [1.807, 2.05) is 12.1 Å². The summed E-state index contributed by atoms with van der Waals surface area (Å²) in [6.07, 6.45) is 0. The smallest absolute Gasteiger partial charge is 0.252 e. The van der Waals surface area contributed by atoms with Crippen molar-refractivity contribution in [2.24, 2.45) is 0 Å². The van der Waals surface area contributed by atoms with Crippen LogP contribution in [0.1, 0.15) is 5.89 Å². The maximum absolute atomic E-state index is 8.81. The second-order valence-corrected chi connectivity index (χ2v) is 3.87. The Hall–Kier alpha value is -1.40. The topological polar surface area (TPSA) is 68.4 Å². The molecule has 1 heterocycles. The molecule has 0 saturated carbocycles. The van der Waals surface area contributed by atoms with Crippen LogP contribution in [0.5, 0.6) is 5.75 Å². The molecular formula is C10H9BrN2O3. The third-order valence-electron chi connectivity index (χ3n) is 2.01. The number of aliphatic hydroxyl groups is 1. The van der Waals surface area contributed by atoms with Gasteiger partial charge in [-0.3, -0.25) is 0 Å². The van der Waals surface area contributed by atoms with E-state index >= 15 is 0 Å². The Bertz CT molecular complexity index is 499. The van der Waals surface area contributed by atoms with Crippen LogP contribution in [0.3, 0.4) is 0 Å². The summed E-state index contributed by atoms with van der Waals surface area (Å²) in [6.45, 7) is -0.260. The number of rotatable bonds is 3. The third kappa shape index (κ3) is 2.07. The molecule has 0 saturated heterocycles. The summed E-state index contributed by atoms with van der Waals surface area (Å²) in [4.78, 5) is 4.01. The predicted molar refractivity (Wildman–Crippen MR) is 59.9 cm³/mol. The van der Waals surface area contributed by atoms with Crippen molar-refractivity contribution in [3.63, 3.8) is 0 Å². The molecule has 2 aromatic rings. The average Bonchev–Trinajstić information content (AvgIpc) is 2.77. The number of ether oxygens (including phenoxy) is 1. The Labute approximate surface area is 100 Å². The second kappa shape index (κ2) is 4.63. The van der Waals surface area contributed by atoms with Gasteiger partial charge in [-0.2, -0.15) is 4.98 Å². The van der Waals surface area contributed by atoms with Crippen LogP contribution < -0.4 is 4.74 Å². The number of aromatic nitrogens is 2. The molecule has 1 N–H and O–H groups in total. The summed E-state index contributed by atoms with van der Waals surface area (Å²) in [7, 11) is 1.60. The summed E-state index contributed by atoms with van der Waals surface area (Å²) in [5, 5.41) is 12.6. The highest BCUT2D eigenvalue weighted by Gasteiger charge is 2.09. The lowest BCUT2D eigenvalue weighted by molar-refractivity contribution is 0.222. The number of hydrogen-bond donors (Lipinski definition) is 1. The second-order valence-electron chi connectivity index (χ2n) is 3.02. The lowest BCUT2D eigenvalue weighted by atomic mass is 10.2. The van der Waals surface area contributed by atoms with E-state index in [0.717, 1.165) is 15.8 Å². The van der Waals surface area contributed by atoms with Crippen molar-refractivity contribution in [1.82, 2.24) is 10.1 Å². The van der Waals surface area contributed by atoms with Gasteiger partial charge in [-0.05, 0) is 34.1 Å². The monoisotopic (exact) mass is 284 g/mol. The van der Waals surface area contributed by atoms with Gasteiger partial charge in [0.05, 0.1) is 11.6 Å². The van der Waals surface area contributed by atoms with Crippen LogP contribution in [0, 0.1) is 0 Å². The fourth-order valence-electron chi connectivity index (χ4n) is 1.24. The molecule has 1 aromatic carbocycles. The van der Waals surface area contributed by atoms with Gasteiger partial charge < -0.3 is 14.4 Å². The quantitative estimate of drug-likeness (QED) is 0.934. The molecule has 0 aliphatic carbocycles. The van der Waals surface area contributed by atoms with Gasteiger partial charge in [-0.25, -0.2) is 0 Å².